The smallest absolute Gasteiger partial charge is 0.276 e. The second-order valence-electron chi connectivity index (χ2n) is 5.79. The second-order valence-corrected chi connectivity index (χ2v) is 6.79. The number of benzene rings is 1. The topological polar surface area (TPSA) is 69.0 Å². The van der Waals surface area contributed by atoms with Crippen LogP contribution in [-0.4, -0.2) is 28.7 Å². The molecule has 4 aromatic rings. The molecular formula is C19H18N4O2S. The third kappa shape index (κ3) is 2.43. The molecule has 0 saturated heterocycles. The zero-order chi connectivity index (χ0) is 18.3. The molecule has 132 valence electrons. The fourth-order valence-electron chi connectivity index (χ4n) is 3.10. The van der Waals surface area contributed by atoms with Crippen molar-refractivity contribution in [3.63, 3.8) is 0 Å². The Balaban J connectivity index is 2.07. The maximum absolute atomic E-state index is 13.3. The molecule has 0 aliphatic carbocycles. The number of ether oxygens (including phenoxy) is 1. The molecule has 0 aliphatic heterocycles. The number of hydrogen-bond acceptors (Lipinski definition) is 6. The summed E-state index contributed by atoms with van der Waals surface area (Å²) in [6.45, 7) is 2.00. The van der Waals surface area contributed by atoms with Gasteiger partial charge in [-0.05, 0) is 30.3 Å². The first-order valence-electron chi connectivity index (χ1n) is 8.33. The van der Waals surface area contributed by atoms with E-state index in [1.54, 1.807) is 17.9 Å². The van der Waals surface area contributed by atoms with Gasteiger partial charge in [-0.1, -0.05) is 6.92 Å². The van der Waals surface area contributed by atoms with Crippen molar-refractivity contribution in [1.29, 1.82) is 0 Å². The minimum absolute atomic E-state index is 0.0675. The summed E-state index contributed by atoms with van der Waals surface area (Å²) in [7, 11) is 3.48. The van der Waals surface area contributed by atoms with Gasteiger partial charge < -0.3 is 10.1 Å². The number of rotatable bonds is 4. The lowest BCUT2D eigenvalue weighted by atomic mass is 10.2. The third-order valence-electron chi connectivity index (χ3n) is 4.38. The molecule has 26 heavy (non-hydrogen) atoms. The summed E-state index contributed by atoms with van der Waals surface area (Å²) < 4.78 is 7.50. The molecule has 0 amide bonds. The number of hydrogen-bond donors (Lipinski definition) is 1. The van der Waals surface area contributed by atoms with Crippen molar-refractivity contribution >= 4 is 37.5 Å². The number of nitrogens with zero attached hydrogens (tertiary/aromatic N) is 3. The van der Waals surface area contributed by atoms with Crippen LogP contribution in [0.1, 0.15) is 12.7 Å². The van der Waals surface area contributed by atoms with E-state index in [-0.39, 0.29) is 5.56 Å². The Morgan fingerprint density at radius 1 is 1.23 bits per heavy atom. The van der Waals surface area contributed by atoms with Crippen LogP contribution < -0.4 is 15.6 Å². The summed E-state index contributed by atoms with van der Waals surface area (Å²) in [6.07, 6.45) is 2.38. The Morgan fingerprint density at radius 3 is 2.65 bits per heavy atom. The quantitative estimate of drug-likeness (QED) is 0.597. The predicted octanol–water partition coefficient (Wildman–Crippen LogP) is 3.61. The van der Waals surface area contributed by atoms with Crippen LogP contribution in [0.4, 0.5) is 5.69 Å². The molecule has 1 aromatic carbocycles. The molecule has 0 saturated carbocycles. The summed E-state index contributed by atoms with van der Waals surface area (Å²) in [6, 6.07) is 9.33. The Hall–Kier alpha value is -2.93. The van der Waals surface area contributed by atoms with Crippen molar-refractivity contribution in [2.45, 2.75) is 13.3 Å². The number of fused-ring (bicyclic) bond motifs is 3. The SMILES string of the molecule is CCc1nc2c(sc3nccc(NC)c32)c(=O)n1-c1ccc(OC)cc1. The molecule has 0 spiro atoms. The van der Waals surface area contributed by atoms with E-state index in [4.69, 9.17) is 9.72 Å². The summed E-state index contributed by atoms with van der Waals surface area (Å²) in [5, 5.41) is 4.07. The van der Waals surface area contributed by atoms with Gasteiger partial charge in [-0.15, -0.1) is 11.3 Å². The van der Waals surface area contributed by atoms with Crippen LogP contribution in [0.5, 0.6) is 5.75 Å². The molecule has 0 unspecified atom stereocenters. The fourth-order valence-corrected chi connectivity index (χ4v) is 4.14. The van der Waals surface area contributed by atoms with E-state index in [0.717, 1.165) is 33.2 Å². The molecule has 0 fully saturated rings. The lowest BCUT2D eigenvalue weighted by Gasteiger charge is -2.12. The van der Waals surface area contributed by atoms with Crippen molar-refractivity contribution in [3.8, 4) is 11.4 Å². The highest BCUT2D eigenvalue weighted by atomic mass is 32.1. The first-order chi connectivity index (χ1) is 12.7. The average molecular weight is 366 g/mol. The molecule has 7 heteroatoms. The molecule has 0 aliphatic rings. The lowest BCUT2D eigenvalue weighted by molar-refractivity contribution is 0.414. The van der Waals surface area contributed by atoms with Crippen LogP contribution in [-0.2, 0) is 6.42 Å². The molecule has 3 aromatic heterocycles. The minimum atomic E-state index is -0.0675. The van der Waals surface area contributed by atoms with Gasteiger partial charge in [0.1, 0.15) is 26.6 Å². The number of pyridine rings is 1. The van der Waals surface area contributed by atoms with Crippen molar-refractivity contribution < 1.29 is 4.74 Å². The first kappa shape index (κ1) is 16.5. The maximum atomic E-state index is 13.3. The number of anilines is 1. The van der Waals surface area contributed by atoms with Gasteiger partial charge in [0, 0.05) is 25.4 Å². The van der Waals surface area contributed by atoms with E-state index in [2.05, 4.69) is 10.3 Å². The number of aryl methyl sites for hydroxylation is 1. The molecule has 3 heterocycles. The van der Waals surface area contributed by atoms with E-state index < -0.39 is 0 Å². The molecular weight excluding hydrogens is 348 g/mol. The van der Waals surface area contributed by atoms with E-state index in [9.17, 15) is 4.79 Å². The van der Waals surface area contributed by atoms with Gasteiger partial charge in [-0.3, -0.25) is 9.36 Å². The monoisotopic (exact) mass is 366 g/mol. The summed E-state index contributed by atoms with van der Waals surface area (Å²) in [5.41, 5.74) is 2.36. The van der Waals surface area contributed by atoms with E-state index in [1.165, 1.54) is 11.3 Å². The molecule has 0 radical (unpaired) electrons. The Kier molecular flexibility index (Phi) is 4.08. The average Bonchev–Trinajstić information content (AvgIpc) is 3.07. The second kappa shape index (κ2) is 6.42. The normalized spacial score (nSPS) is 11.2. The van der Waals surface area contributed by atoms with Crippen molar-refractivity contribution in [1.82, 2.24) is 14.5 Å². The van der Waals surface area contributed by atoms with Crippen LogP contribution >= 0.6 is 11.3 Å². The zero-order valence-electron chi connectivity index (χ0n) is 14.7. The zero-order valence-corrected chi connectivity index (χ0v) is 15.6. The van der Waals surface area contributed by atoms with Gasteiger partial charge >= 0.3 is 0 Å². The van der Waals surface area contributed by atoms with E-state index in [0.29, 0.717) is 16.6 Å². The van der Waals surface area contributed by atoms with Gasteiger partial charge in [-0.25, -0.2) is 9.97 Å². The van der Waals surface area contributed by atoms with Gasteiger partial charge in [0.15, 0.2) is 0 Å². The van der Waals surface area contributed by atoms with Crippen LogP contribution in [0.25, 0.3) is 26.1 Å². The fraction of sp³-hybridized carbons (Fsp3) is 0.211. The summed E-state index contributed by atoms with van der Waals surface area (Å²) in [5.74, 6) is 1.47. The van der Waals surface area contributed by atoms with E-state index in [1.807, 2.05) is 44.3 Å². The molecule has 6 nitrogen and oxygen atoms in total. The van der Waals surface area contributed by atoms with Crippen molar-refractivity contribution in [2.24, 2.45) is 0 Å². The van der Waals surface area contributed by atoms with Crippen LogP contribution in [0.2, 0.25) is 0 Å². The third-order valence-corrected chi connectivity index (χ3v) is 5.45. The highest BCUT2D eigenvalue weighted by Gasteiger charge is 2.18. The predicted molar refractivity (Wildman–Crippen MR) is 106 cm³/mol. The van der Waals surface area contributed by atoms with Crippen molar-refractivity contribution in [2.75, 3.05) is 19.5 Å². The standard InChI is InChI=1S/C19H18N4O2S/c1-4-14-22-16-15-13(20-2)9-10-21-18(15)26-17(16)19(24)23(14)11-5-7-12(25-3)8-6-11/h5-10H,4H2,1-3H3,(H,20,21). The number of methoxy groups -OCH3 is 1. The first-order valence-corrected chi connectivity index (χ1v) is 9.15. The Labute approximate surface area is 154 Å². The van der Waals surface area contributed by atoms with Gasteiger partial charge in [0.05, 0.1) is 18.2 Å². The number of nitrogens with one attached hydrogen (secondary N) is 1. The highest BCUT2D eigenvalue weighted by molar-refractivity contribution is 7.25. The molecule has 1 N–H and O–H groups in total. The van der Waals surface area contributed by atoms with Gasteiger partial charge in [0.2, 0.25) is 0 Å². The molecule has 0 atom stereocenters. The van der Waals surface area contributed by atoms with Crippen LogP contribution in [0.3, 0.4) is 0 Å². The van der Waals surface area contributed by atoms with Gasteiger partial charge in [-0.2, -0.15) is 0 Å². The number of thiophene rings is 1. The molecule has 0 bridgehead atoms. The maximum Gasteiger partial charge on any atom is 0.276 e. The summed E-state index contributed by atoms with van der Waals surface area (Å²) >= 11 is 1.38. The molecule has 4 rings (SSSR count). The largest absolute Gasteiger partial charge is 0.497 e. The highest BCUT2D eigenvalue weighted by Crippen LogP contribution is 2.34. The lowest BCUT2D eigenvalue weighted by Crippen LogP contribution is -2.22. The van der Waals surface area contributed by atoms with Crippen LogP contribution in [0, 0.1) is 0 Å². The summed E-state index contributed by atoms with van der Waals surface area (Å²) in [4.78, 5) is 23.4. The van der Waals surface area contributed by atoms with E-state index >= 15 is 0 Å². The number of aromatic nitrogens is 3. The minimum Gasteiger partial charge on any atom is -0.497 e. The van der Waals surface area contributed by atoms with Crippen molar-refractivity contribution in [3.05, 3.63) is 52.7 Å². The Morgan fingerprint density at radius 2 is 2.00 bits per heavy atom. The van der Waals surface area contributed by atoms with Crippen LogP contribution in [0.15, 0.2) is 41.3 Å². The Bertz CT molecular complexity index is 1160. The van der Waals surface area contributed by atoms with Gasteiger partial charge in [0.25, 0.3) is 5.56 Å².